The van der Waals surface area contributed by atoms with Crippen LogP contribution in [0.1, 0.15) is 50.3 Å². The van der Waals surface area contributed by atoms with Gasteiger partial charge in [-0.15, -0.1) is 0 Å². The molecule has 3 rings (SSSR count). The Hall–Kier alpha value is -3.80. The van der Waals surface area contributed by atoms with Gasteiger partial charge in [-0.1, -0.05) is 50.2 Å². The average Bonchev–Trinajstić information content (AvgIpc) is 2.93. The van der Waals surface area contributed by atoms with Gasteiger partial charge in [0, 0.05) is 64.8 Å². The summed E-state index contributed by atoms with van der Waals surface area (Å²) >= 11 is 0. The highest BCUT2D eigenvalue weighted by atomic mass is 19.4. The van der Waals surface area contributed by atoms with Crippen molar-refractivity contribution >= 4 is 23.7 Å². The second-order valence-electron chi connectivity index (χ2n) is 10.5. The molecule has 1 atom stereocenters. The summed E-state index contributed by atoms with van der Waals surface area (Å²) in [6, 6.07) is 12.9. The topological polar surface area (TPSA) is 102 Å². The van der Waals surface area contributed by atoms with Crippen LogP contribution in [-0.4, -0.2) is 66.8 Å². The Morgan fingerprint density at radius 1 is 0.976 bits per heavy atom. The van der Waals surface area contributed by atoms with Gasteiger partial charge < -0.3 is 29.2 Å². The van der Waals surface area contributed by atoms with Crippen LogP contribution >= 0.6 is 0 Å². The minimum absolute atomic E-state index is 0.0334. The Labute approximate surface area is 243 Å². The van der Waals surface area contributed by atoms with Crippen LogP contribution in [0, 0.1) is 5.92 Å². The van der Waals surface area contributed by atoms with Gasteiger partial charge in [0.25, 0.3) is 0 Å². The van der Waals surface area contributed by atoms with E-state index in [1.807, 2.05) is 40.1 Å². The molecule has 42 heavy (non-hydrogen) atoms. The van der Waals surface area contributed by atoms with E-state index in [0.717, 1.165) is 17.7 Å². The van der Waals surface area contributed by atoms with E-state index in [9.17, 15) is 32.7 Å². The second kappa shape index (κ2) is 14.9. The van der Waals surface area contributed by atoms with Gasteiger partial charge in [-0.3, -0.25) is 14.5 Å². The number of hydrogen-bond acceptors (Lipinski definition) is 8. The molecule has 2 aromatic carbocycles. The van der Waals surface area contributed by atoms with E-state index >= 15 is 0 Å². The summed E-state index contributed by atoms with van der Waals surface area (Å²) in [5.74, 6) is -1.46. The highest BCUT2D eigenvalue weighted by Crippen LogP contribution is 2.35. The molecule has 1 heterocycles. The lowest BCUT2D eigenvalue weighted by Gasteiger charge is -2.37. The molecule has 12 heteroatoms. The van der Waals surface area contributed by atoms with Crippen molar-refractivity contribution in [2.24, 2.45) is 5.92 Å². The molecule has 1 amide bonds. The standard InChI is InChI=1S/C30H38F3N3O6/c1-21(2)28(38)42-22(3)41-27(37)10-7-13-36(19-23-8-5-4-6-9-23)26-18-25(30(31,32)33)12-11-24(26)20-34-14-16-35(17-15-34)29(39)40/h4-6,8-9,11-12,18,21-22H,7,10,13-17,19-20H2,1-3H3,(H,39,40)/p-1. The largest absolute Gasteiger partial charge is 0.530 e. The normalized spacial score (nSPS) is 14.9. The van der Waals surface area contributed by atoms with Gasteiger partial charge in [0.05, 0.1) is 11.5 Å². The number of piperazine rings is 1. The number of alkyl halides is 3. The van der Waals surface area contributed by atoms with E-state index in [2.05, 4.69) is 0 Å². The first-order valence-corrected chi connectivity index (χ1v) is 13.9. The van der Waals surface area contributed by atoms with Crippen LogP contribution in [0.3, 0.4) is 0 Å². The van der Waals surface area contributed by atoms with E-state index in [1.165, 1.54) is 17.9 Å². The summed E-state index contributed by atoms with van der Waals surface area (Å²) < 4.78 is 51.6. The minimum Gasteiger partial charge on any atom is -0.530 e. The second-order valence-corrected chi connectivity index (χ2v) is 10.5. The number of anilines is 1. The summed E-state index contributed by atoms with van der Waals surface area (Å²) in [6.45, 7) is 6.96. The Bertz CT molecular complexity index is 1200. The van der Waals surface area contributed by atoms with Crippen molar-refractivity contribution in [3.8, 4) is 0 Å². The number of ether oxygens (including phenoxy) is 2. The number of esters is 2. The van der Waals surface area contributed by atoms with Crippen LogP contribution in [0.25, 0.3) is 0 Å². The fourth-order valence-electron chi connectivity index (χ4n) is 4.57. The lowest BCUT2D eigenvalue weighted by Crippen LogP contribution is -2.52. The van der Waals surface area contributed by atoms with Crippen LogP contribution in [-0.2, 0) is 38.3 Å². The third-order valence-corrected chi connectivity index (χ3v) is 6.85. The maximum Gasteiger partial charge on any atom is 0.416 e. The van der Waals surface area contributed by atoms with Gasteiger partial charge in [0.2, 0.25) is 6.29 Å². The summed E-state index contributed by atoms with van der Waals surface area (Å²) in [5, 5.41) is 11.2. The van der Waals surface area contributed by atoms with Crippen molar-refractivity contribution in [2.45, 2.75) is 59.2 Å². The molecule has 0 aliphatic carbocycles. The summed E-state index contributed by atoms with van der Waals surface area (Å²) in [5.41, 5.74) is 1.11. The lowest BCUT2D eigenvalue weighted by atomic mass is 10.0. The number of carbonyl (C=O) groups is 3. The van der Waals surface area contributed by atoms with Crippen molar-refractivity contribution in [1.82, 2.24) is 9.80 Å². The molecular weight excluding hydrogens is 555 g/mol. The third-order valence-electron chi connectivity index (χ3n) is 6.85. The molecule has 9 nitrogen and oxygen atoms in total. The van der Waals surface area contributed by atoms with E-state index in [1.54, 1.807) is 13.8 Å². The molecule has 0 radical (unpaired) electrons. The molecule has 2 aromatic rings. The highest BCUT2D eigenvalue weighted by molar-refractivity contribution is 5.72. The number of nitrogens with zero attached hydrogens (tertiary/aromatic N) is 3. The maximum absolute atomic E-state index is 13.8. The van der Waals surface area contributed by atoms with Crippen molar-refractivity contribution in [2.75, 3.05) is 37.6 Å². The zero-order valence-electron chi connectivity index (χ0n) is 24.1. The van der Waals surface area contributed by atoms with E-state index in [4.69, 9.17) is 9.47 Å². The number of benzene rings is 2. The molecule has 0 bridgehead atoms. The van der Waals surface area contributed by atoms with Gasteiger partial charge in [0.15, 0.2) is 0 Å². The Balaban J connectivity index is 1.80. The lowest BCUT2D eigenvalue weighted by molar-refractivity contribution is -0.266. The number of carboxylic acid groups (broad SMARTS) is 1. The molecule has 1 aliphatic heterocycles. The molecule has 1 aliphatic rings. The van der Waals surface area contributed by atoms with Gasteiger partial charge in [0.1, 0.15) is 6.09 Å². The molecular formula is C30H37F3N3O6-. The number of rotatable bonds is 12. The van der Waals surface area contributed by atoms with Gasteiger partial charge in [-0.2, -0.15) is 13.2 Å². The molecule has 0 aromatic heterocycles. The summed E-state index contributed by atoms with van der Waals surface area (Å²) in [4.78, 5) is 40.4. The highest BCUT2D eigenvalue weighted by Gasteiger charge is 2.32. The first-order valence-electron chi connectivity index (χ1n) is 13.9. The number of hydrogen-bond donors (Lipinski definition) is 0. The molecule has 1 saturated heterocycles. The number of carbonyl (C=O) groups excluding carboxylic acids is 3. The molecule has 1 unspecified atom stereocenters. The van der Waals surface area contributed by atoms with Crippen molar-refractivity contribution in [3.05, 3.63) is 65.2 Å². The van der Waals surface area contributed by atoms with Crippen molar-refractivity contribution in [3.63, 3.8) is 0 Å². The molecule has 0 N–H and O–H groups in total. The maximum atomic E-state index is 13.8. The molecule has 1 fully saturated rings. The van der Waals surface area contributed by atoms with Crippen molar-refractivity contribution in [1.29, 1.82) is 0 Å². The quantitative estimate of drug-likeness (QED) is 0.269. The third kappa shape index (κ3) is 9.93. The van der Waals surface area contributed by atoms with Gasteiger partial charge >= 0.3 is 18.1 Å². The zero-order chi connectivity index (χ0) is 30.9. The minimum atomic E-state index is -4.56. The van der Waals surface area contributed by atoms with Crippen LogP contribution in [0.4, 0.5) is 23.7 Å². The molecule has 230 valence electrons. The van der Waals surface area contributed by atoms with Crippen LogP contribution in [0.2, 0.25) is 0 Å². The first kappa shape index (κ1) is 32.7. The predicted octanol–water partition coefficient (Wildman–Crippen LogP) is 4.04. The fourth-order valence-corrected chi connectivity index (χ4v) is 4.57. The van der Waals surface area contributed by atoms with E-state index in [0.29, 0.717) is 37.4 Å². The average molecular weight is 593 g/mol. The Kier molecular flexibility index (Phi) is 11.6. The van der Waals surface area contributed by atoms with Crippen LogP contribution in [0.5, 0.6) is 0 Å². The van der Waals surface area contributed by atoms with E-state index < -0.39 is 36.1 Å². The summed E-state index contributed by atoms with van der Waals surface area (Å²) in [7, 11) is 0. The van der Waals surface area contributed by atoms with Gasteiger partial charge in [-0.05, 0) is 29.7 Å². The SMILES string of the molecule is CC(OC(=O)CCCN(Cc1ccccc1)c1cc(C(F)(F)F)ccc1CN1CCN(C(=O)[O-])CC1)OC(=O)C(C)C. The van der Waals surface area contributed by atoms with Crippen LogP contribution in [0.15, 0.2) is 48.5 Å². The zero-order valence-corrected chi connectivity index (χ0v) is 24.1. The van der Waals surface area contributed by atoms with Gasteiger partial charge in [-0.25, -0.2) is 0 Å². The predicted molar refractivity (Wildman–Crippen MR) is 147 cm³/mol. The first-order chi connectivity index (χ1) is 19.8. The van der Waals surface area contributed by atoms with Crippen LogP contribution < -0.4 is 10.0 Å². The number of amides is 1. The number of halogens is 3. The summed E-state index contributed by atoms with van der Waals surface area (Å²) in [6.07, 6.45) is -6.62. The Morgan fingerprint density at radius 2 is 1.64 bits per heavy atom. The Morgan fingerprint density at radius 3 is 2.24 bits per heavy atom. The monoisotopic (exact) mass is 592 g/mol. The van der Waals surface area contributed by atoms with Crippen molar-refractivity contribution < 1.29 is 42.1 Å². The fraction of sp³-hybridized carbons (Fsp3) is 0.500. The molecule has 0 spiro atoms. The molecule has 0 saturated carbocycles. The van der Waals surface area contributed by atoms with E-state index in [-0.39, 0.29) is 38.4 Å². The smallest absolute Gasteiger partial charge is 0.416 e.